The molecule has 1 aromatic carbocycles. The summed E-state index contributed by atoms with van der Waals surface area (Å²) in [7, 11) is 0. The normalized spacial score (nSPS) is 21.2. The lowest BCUT2D eigenvalue weighted by atomic mass is 10.1. The van der Waals surface area contributed by atoms with E-state index in [1.165, 1.54) is 0 Å². The van der Waals surface area contributed by atoms with Gasteiger partial charge < -0.3 is 15.2 Å². The van der Waals surface area contributed by atoms with Crippen molar-refractivity contribution in [1.29, 1.82) is 5.26 Å². The van der Waals surface area contributed by atoms with E-state index < -0.39 is 24.1 Å². The second-order valence-corrected chi connectivity index (χ2v) is 4.63. The van der Waals surface area contributed by atoms with Crippen molar-refractivity contribution in [1.82, 2.24) is 0 Å². The summed E-state index contributed by atoms with van der Waals surface area (Å²) < 4.78 is 5.17. The first-order valence-corrected chi connectivity index (χ1v) is 6.21. The van der Waals surface area contributed by atoms with Crippen LogP contribution in [0.4, 0.5) is 5.69 Å². The van der Waals surface area contributed by atoms with E-state index in [1.54, 1.807) is 25.1 Å². The van der Waals surface area contributed by atoms with E-state index in [4.69, 9.17) is 15.1 Å². The average Bonchev–Trinajstić information content (AvgIpc) is 2.89. The van der Waals surface area contributed by atoms with Crippen LogP contribution in [0.15, 0.2) is 18.2 Å². The van der Waals surface area contributed by atoms with Gasteiger partial charge in [-0.2, -0.15) is 5.26 Å². The third-order valence-electron chi connectivity index (χ3n) is 3.23. The minimum absolute atomic E-state index is 0.312. The summed E-state index contributed by atoms with van der Waals surface area (Å²) in [6.07, 6.45) is -1.05. The van der Waals surface area contributed by atoms with Gasteiger partial charge in [-0.1, -0.05) is 12.1 Å². The van der Waals surface area contributed by atoms with Crippen LogP contribution in [0.5, 0.6) is 0 Å². The Kier molecular flexibility index (Phi) is 4.01. The van der Waals surface area contributed by atoms with Crippen molar-refractivity contribution < 1.29 is 19.4 Å². The van der Waals surface area contributed by atoms with Gasteiger partial charge in [0.05, 0.1) is 11.3 Å². The molecule has 0 aliphatic carbocycles. The van der Waals surface area contributed by atoms with Gasteiger partial charge in [-0.3, -0.25) is 4.79 Å². The first kappa shape index (κ1) is 14.0. The quantitative estimate of drug-likeness (QED) is 0.868. The number of benzene rings is 1. The van der Waals surface area contributed by atoms with Crippen molar-refractivity contribution in [2.45, 2.75) is 32.0 Å². The summed E-state index contributed by atoms with van der Waals surface area (Å²) in [6, 6.07) is 7.19. The van der Waals surface area contributed by atoms with E-state index in [0.717, 1.165) is 5.56 Å². The maximum Gasteiger partial charge on any atom is 0.332 e. The number of carbonyl (C=O) groups excluding carboxylic acids is 1. The molecule has 6 nitrogen and oxygen atoms in total. The first-order valence-electron chi connectivity index (χ1n) is 6.21. The Bertz CT molecular complexity index is 591. The molecule has 2 atom stereocenters. The number of anilines is 1. The fourth-order valence-corrected chi connectivity index (χ4v) is 2.15. The highest BCUT2D eigenvalue weighted by Gasteiger charge is 2.34. The van der Waals surface area contributed by atoms with Crippen LogP contribution in [0.1, 0.15) is 24.0 Å². The Morgan fingerprint density at radius 2 is 2.10 bits per heavy atom. The van der Waals surface area contributed by atoms with Crippen molar-refractivity contribution in [2.24, 2.45) is 0 Å². The number of nitrogens with zero attached hydrogens (tertiary/aromatic N) is 1. The number of nitrogens with one attached hydrogen (secondary N) is 1. The monoisotopic (exact) mass is 274 g/mol. The Morgan fingerprint density at radius 1 is 1.40 bits per heavy atom. The Morgan fingerprint density at radius 3 is 2.70 bits per heavy atom. The van der Waals surface area contributed by atoms with Gasteiger partial charge in [0, 0.05) is 0 Å². The summed E-state index contributed by atoms with van der Waals surface area (Å²) >= 11 is 0. The lowest BCUT2D eigenvalue weighted by Gasteiger charge is -2.13. The maximum absolute atomic E-state index is 12.0. The van der Waals surface area contributed by atoms with Crippen LogP contribution in [0, 0.1) is 18.3 Å². The van der Waals surface area contributed by atoms with Crippen molar-refractivity contribution in [3.05, 3.63) is 29.3 Å². The molecule has 2 unspecified atom stereocenters. The lowest BCUT2D eigenvalue weighted by molar-refractivity contribution is -0.150. The number of carboxylic acids is 1. The molecule has 1 aromatic rings. The molecule has 0 radical (unpaired) electrons. The molecule has 0 bridgehead atoms. The molecule has 1 aliphatic rings. The number of hydrogen-bond donors (Lipinski definition) is 2. The Hall–Kier alpha value is -2.39. The molecule has 0 spiro atoms. The zero-order valence-corrected chi connectivity index (χ0v) is 10.9. The third-order valence-corrected chi connectivity index (χ3v) is 3.23. The summed E-state index contributed by atoms with van der Waals surface area (Å²) in [5.41, 5.74) is 1.58. The van der Waals surface area contributed by atoms with Gasteiger partial charge in [-0.25, -0.2) is 4.79 Å². The van der Waals surface area contributed by atoms with Gasteiger partial charge in [0.2, 0.25) is 0 Å². The van der Waals surface area contributed by atoms with Gasteiger partial charge in [0.1, 0.15) is 12.2 Å². The number of hydrogen-bond acceptors (Lipinski definition) is 4. The van der Waals surface area contributed by atoms with E-state index in [-0.39, 0.29) is 0 Å². The van der Waals surface area contributed by atoms with E-state index >= 15 is 0 Å². The molecule has 0 saturated carbocycles. The zero-order valence-electron chi connectivity index (χ0n) is 10.9. The molecule has 1 saturated heterocycles. The molecule has 6 heteroatoms. The van der Waals surface area contributed by atoms with Crippen molar-refractivity contribution in [2.75, 3.05) is 5.32 Å². The highest BCUT2D eigenvalue weighted by Crippen LogP contribution is 2.23. The zero-order chi connectivity index (χ0) is 14.7. The van der Waals surface area contributed by atoms with Crippen LogP contribution >= 0.6 is 0 Å². The van der Waals surface area contributed by atoms with E-state index in [2.05, 4.69) is 5.32 Å². The molecular formula is C14H14N2O4. The van der Waals surface area contributed by atoms with E-state index in [1.807, 2.05) is 6.07 Å². The molecule has 1 heterocycles. The van der Waals surface area contributed by atoms with E-state index in [9.17, 15) is 9.59 Å². The molecule has 20 heavy (non-hydrogen) atoms. The number of carbonyl (C=O) groups is 2. The number of aliphatic carboxylic acids is 1. The molecular weight excluding hydrogens is 260 g/mol. The molecule has 2 N–H and O–H groups in total. The van der Waals surface area contributed by atoms with Gasteiger partial charge in [0.25, 0.3) is 5.91 Å². The molecule has 1 aliphatic heterocycles. The van der Waals surface area contributed by atoms with Crippen LogP contribution < -0.4 is 5.32 Å². The third kappa shape index (κ3) is 2.78. The summed E-state index contributed by atoms with van der Waals surface area (Å²) in [4.78, 5) is 22.8. The standard InChI is InChI=1S/C14H14N2O4/c1-8-3-2-4-10(9(8)7-15)16-13(17)11-5-6-12(20-11)14(18)19/h2-4,11-12H,5-6H2,1H3,(H,16,17)(H,18,19). The SMILES string of the molecule is Cc1cccc(NC(=O)C2CCC(C(=O)O)O2)c1C#N. The van der Waals surface area contributed by atoms with Crippen molar-refractivity contribution in [3.8, 4) is 6.07 Å². The molecule has 104 valence electrons. The Balaban J connectivity index is 2.08. The topological polar surface area (TPSA) is 99.4 Å². The number of amides is 1. The second kappa shape index (κ2) is 5.72. The van der Waals surface area contributed by atoms with Crippen LogP contribution in [-0.4, -0.2) is 29.2 Å². The van der Waals surface area contributed by atoms with Gasteiger partial charge >= 0.3 is 5.97 Å². The highest BCUT2D eigenvalue weighted by atomic mass is 16.5. The minimum atomic E-state index is -1.06. The Labute approximate surface area is 116 Å². The molecule has 1 fully saturated rings. The highest BCUT2D eigenvalue weighted by molar-refractivity contribution is 5.96. The van der Waals surface area contributed by atoms with Gasteiger partial charge in [-0.05, 0) is 31.4 Å². The first-order chi connectivity index (χ1) is 9.52. The fourth-order valence-electron chi connectivity index (χ4n) is 2.15. The van der Waals surface area contributed by atoms with Gasteiger partial charge in [0.15, 0.2) is 6.10 Å². The maximum atomic E-state index is 12.0. The number of carboxylic acid groups (broad SMARTS) is 1. The van der Waals surface area contributed by atoms with Crippen LogP contribution in [0.3, 0.4) is 0 Å². The second-order valence-electron chi connectivity index (χ2n) is 4.63. The largest absolute Gasteiger partial charge is 0.479 e. The molecule has 0 aromatic heterocycles. The van der Waals surface area contributed by atoms with Gasteiger partial charge in [-0.15, -0.1) is 0 Å². The number of rotatable bonds is 3. The van der Waals surface area contributed by atoms with Crippen molar-refractivity contribution in [3.63, 3.8) is 0 Å². The summed E-state index contributed by atoms with van der Waals surface area (Å²) in [5, 5.41) is 20.5. The van der Waals surface area contributed by atoms with Crippen LogP contribution in [0.25, 0.3) is 0 Å². The molecule has 2 rings (SSSR count). The lowest BCUT2D eigenvalue weighted by Crippen LogP contribution is -2.30. The van der Waals surface area contributed by atoms with Crippen LogP contribution in [-0.2, 0) is 14.3 Å². The minimum Gasteiger partial charge on any atom is -0.479 e. The molecule has 1 amide bonds. The summed E-state index contributed by atoms with van der Waals surface area (Å²) in [6.45, 7) is 1.78. The fraction of sp³-hybridized carbons (Fsp3) is 0.357. The number of nitriles is 1. The van der Waals surface area contributed by atoms with Crippen molar-refractivity contribution >= 4 is 17.6 Å². The predicted molar refractivity (Wildman–Crippen MR) is 70.1 cm³/mol. The average molecular weight is 274 g/mol. The smallest absolute Gasteiger partial charge is 0.332 e. The number of ether oxygens (including phenoxy) is 1. The van der Waals surface area contributed by atoms with E-state index in [0.29, 0.717) is 24.1 Å². The summed E-state index contributed by atoms with van der Waals surface area (Å²) in [5.74, 6) is -1.48. The van der Waals surface area contributed by atoms with Crippen LogP contribution in [0.2, 0.25) is 0 Å². The predicted octanol–water partition coefficient (Wildman–Crippen LogP) is 1.44. The number of aryl methyl sites for hydroxylation is 1.